The molecule has 0 unspecified atom stereocenters. The highest BCUT2D eigenvalue weighted by Crippen LogP contribution is 2.43. The van der Waals surface area contributed by atoms with E-state index in [0.717, 1.165) is 0 Å². The van der Waals surface area contributed by atoms with Crippen molar-refractivity contribution in [2.45, 2.75) is 13.8 Å². The molecule has 12 aromatic carbocycles. The molecule has 0 aliphatic heterocycles. The van der Waals surface area contributed by atoms with E-state index in [1.807, 2.05) is 0 Å². The molecule has 12 rings (SSSR count). The van der Waals surface area contributed by atoms with Gasteiger partial charge in [0.05, 0.1) is 0 Å². The first kappa shape index (κ1) is 37.2. The Morgan fingerprint density at radius 1 is 0.210 bits per heavy atom. The van der Waals surface area contributed by atoms with Crippen LogP contribution in [0, 0.1) is 13.8 Å². The third kappa shape index (κ3) is 6.49. The number of hydrogen-bond donors (Lipinski definition) is 0. The van der Waals surface area contributed by atoms with Gasteiger partial charge in [0.15, 0.2) is 0 Å². The zero-order valence-electron chi connectivity index (χ0n) is 34.9. The Balaban J connectivity index is 0.000000139. The molecule has 0 bridgehead atoms. The molecule has 62 heavy (non-hydrogen) atoms. The van der Waals surface area contributed by atoms with Crippen molar-refractivity contribution in [3.05, 3.63) is 242 Å². The van der Waals surface area contributed by atoms with E-state index in [1.165, 1.54) is 120 Å². The Kier molecular flexibility index (Phi) is 9.40. The van der Waals surface area contributed by atoms with Crippen LogP contribution in [0.5, 0.6) is 0 Å². The number of fused-ring (bicyclic) bond motifs is 6. The number of rotatable bonds is 4. The monoisotopic (exact) mass is 788 g/mol. The Bertz CT molecular complexity index is 3650. The topological polar surface area (TPSA) is 0 Å². The molecule has 0 radical (unpaired) electrons. The number of aryl methyl sites for hydroxylation is 2. The summed E-state index contributed by atoms with van der Waals surface area (Å²) in [5, 5.41) is 15.5. The molecule has 0 N–H and O–H groups in total. The Morgan fingerprint density at radius 3 is 1.06 bits per heavy atom. The molecular weight excluding hydrogens is 745 g/mol. The molecular formula is C62H44. The van der Waals surface area contributed by atoms with Crippen LogP contribution in [-0.4, -0.2) is 0 Å². The average Bonchev–Trinajstić information content (AvgIpc) is 3.33. The van der Waals surface area contributed by atoms with E-state index in [4.69, 9.17) is 0 Å². The van der Waals surface area contributed by atoms with Gasteiger partial charge in [-0.3, -0.25) is 0 Å². The molecule has 0 heterocycles. The third-order valence-electron chi connectivity index (χ3n) is 12.7. The van der Waals surface area contributed by atoms with Gasteiger partial charge in [-0.05, 0) is 129 Å². The van der Waals surface area contributed by atoms with Gasteiger partial charge in [-0.15, -0.1) is 0 Å². The van der Waals surface area contributed by atoms with Crippen molar-refractivity contribution in [1.82, 2.24) is 0 Å². The molecule has 0 heteroatoms. The van der Waals surface area contributed by atoms with Crippen molar-refractivity contribution >= 4 is 64.6 Å². The quantitative estimate of drug-likeness (QED) is 0.167. The summed E-state index contributed by atoms with van der Waals surface area (Å²) in [6.07, 6.45) is 0. The van der Waals surface area contributed by atoms with Crippen LogP contribution in [-0.2, 0) is 0 Å². The highest BCUT2D eigenvalue weighted by Gasteiger charge is 2.17. The summed E-state index contributed by atoms with van der Waals surface area (Å²) >= 11 is 0. The second-order valence-corrected chi connectivity index (χ2v) is 16.5. The summed E-state index contributed by atoms with van der Waals surface area (Å²) in [4.78, 5) is 0. The van der Waals surface area contributed by atoms with Gasteiger partial charge in [0, 0.05) is 0 Å². The van der Waals surface area contributed by atoms with Crippen molar-refractivity contribution in [3.8, 4) is 44.5 Å². The zero-order valence-corrected chi connectivity index (χ0v) is 34.9. The summed E-state index contributed by atoms with van der Waals surface area (Å²) in [5.41, 5.74) is 13.0. The largest absolute Gasteiger partial charge is 0.0616 e. The van der Waals surface area contributed by atoms with Crippen LogP contribution < -0.4 is 0 Å². The van der Waals surface area contributed by atoms with Crippen molar-refractivity contribution in [3.63, 3.8) is 0 Å². The molecule has 0 spiro atoms. The Hall–Kier alpha value is -7.80. The fraction of sp³-hybridized carbons (Fsp3) is 0.0323. The first-order chi connectivity index (χ1) is 30.6. The maximum Gasteiger partial charge on any atom is -0.00694 e. The Morgan fingerprint density at radius 2 is 0.548 bits per heavy atom. The third-order valence-corrected chi connectivity index (χ3v) is 12.7. The van der Waals surface area contributed by atoms with Crippen molar-refractivity contribution < 1.29 is 0 Å². The van der Waals surface area contributed by atoms with Gasteiger partial charge >= 0.3 is 0 Å². The van der Waals surface area contributed by atoms with Crippen LogP contribution in [0.1, 0.15) is 11.1 Å². The standard InChI is InChI=1S/2C31H22/c1-21-20-30(26-18-8-12-22-10-2-4-14-24(22)26)27-16-6-7-17-29(27)31(21)28-19-9-13-23-11-3-5-15-25(23)28;1-21-16-17-23-10-7-15-28(31(23)20-21)30-19-18-29(26-12-4-5-13-27(26)30)25-14-6-9-22-8-2-3-11-24(22)25/h2*2-20H,1H3. The summed E-state index contributed by atoms with van der Waals surface area (Å²) in [7, 11) is 0. The molecule has 0 aliphatic rings. The highest BCUT2D eigenvalue weighted by atomic mass is 14.2. The minimum Gasteiger partial charge on any atom is -0.0616 e. The first-order valence-corrected chi connectivity index (χ1v) is 21.6. The number of benzene rings is 12. The van der Waals surface area contributed by atoms with Crippen LogP contribution in [0.15, 0.2) is 231 Å². The summed E-state index contributed by atoms with van der Waals surface area (Å²) < 4.78 is 0. The molecule has 0 nitrogen and oxygen atoms in total. The van der Waals surface area contributed by atoms with Gasteiger partial charge in [0.25, 0.3) is 0 Å². The Labute approximate surface area is 363 Å². The SMILES string of the molecule is Cc1cc(-c2cccc3ccccc23)c2ccccc2c1-c1cccc2ccccc12.Cc1ccc2cccc(-c3ccc(-c4cccc5ccccc45)c4ccccc34)c2c1. The van der Waals surface area contributed by atoms with E-state index in [9.17, 15) is 0 Å². The molecule has 292 valence electrons. The number of hydrogen-bond acceptors (Lipinski definition) is 0. The van der Waals surface area contributed by atoms with E-state index in [-0.39, 0.29) is 0 Å². The molecule has 0 atom stereocenters. The van der Waals surface area contributed by atoms with Gasteiger partial charge in [0.1, 0.15) is 0 Å². The van der Waals surface area contributed by atoms with Crippen LogP contribution in [0.4, 0.5) is 0 Å². The highest BCUT2D eigenvalue weighted by molar-refractivity contribution is 6.14. The van der Waals surface area contributed by atoms with Gasteiger partial charge in [-0.2, -0.15) is 0 Å². The maximum absolute atomic E-state index is 2.38. The molecule has 0 saturated carbocycles. The smallest absolute Gasteiger partial charge is 0.00694 e. The molecule has 0 saturated heterocycles. The second kappa shape index (κ2) is 15.7. The summed E-state index contributed by atoms with van der Waals surface area (Å²) in [6.45, 7) is 4.41. The van der Waals surface area contributed by atoms with E-state index in [2.05, 4.69) is 244 Å². The van der Waals surface area contributed by atoms with Gasteiger partial charge in [0.2, 0.25) is 0 Å². The van der Waals surface area contributed by atoms with Crippen LogP contribution in [0.2, 0.25) is 0 Å². The molecule has 0 amide bonds. The lowest BCUT2D eigenvalue weighted by Crippen LogP contribution is -1.92. The average molecular weight is 789 g/mol. The molecule has 0 fully saturated rings. The van der Waals surface area contributed by atoms with Crippen molar-refractivity contribution in [2.75, 3.05) is 0 Å². The minimum absolute atomic E-state index is 1.28. The van der Waals surface area contributed by atoms with Crippen LogP contribution >= 0.6 is 0 Å². The normalized spacial score (nSPS) is 11.4. The first-order valence-electron chi connectivity index (χ1n) is 21.6. The predicted octanol–water partition coefficient (Wildman–Crippen LogP) is 17.6. The van der Waals surface area contributed by atoms with E-state index >= 15 is 0 Å². The molecule has 0 aliphatic carbocycles. The lowest BCUT2D eigenvalue weighted by Gasteiger charge is -2.18. The van der Waals surface area contributed by atoms with E-state index in [0.29, 0.717) is 0 Å². The van der Waals surface area contributed by atoms with E-state index < -0.39 is 0 Å². The van der Waals surface area contributed by atoms with Crippen LogP contribution in [0.3, 0.4) is 0 Å². The molecule has 12 aromatic rings. The fourth-order valence-electron chi connectivity index (χ4n) is 9.85. The lowest BCUT2D eigenvalue weighted by atomic mass is 9.86. The minimum atomic E-state index is 1.28. The zero-order chi connectivity index (χ0) is 41.6. The van der Waals surface area contributed by atoms with Crippen molar-refractivity contribution in [2.24, 2.45) is 0 Å². The van der Waals surface area contributed by atoms with Gasteiger partial charge in [-0.1, -0.05) is 236 Å². The predicted molar refractivity (Wildman–Crippen MR) is 269 cm³/mol. The lowest BCUT2D eigenvalue weighted by molar-refractivity contribution is 1.49. The maximum atomic E-state index is 2.38. The van der Waals surface area contributed by atoms with Gasteiger partial charge < -0.3 is 0 Å². The summed E-state index contributed by atoms with van der Waals surface area (Å²) in [5.74, 6) is 0. The van der Waals surface area contributed by atoms with Crippen molar-refractivity contribution in [1.29, 1.82) is 0 Å². The summed E-state index contributed by atoms with van der Waals surface area (Å²) in [6, 6.07) is 83.8. The van der Waals surface area contributed by atoms with Crippen LogP contribution in [0.25, 0.3) is 109 Å². The van der Waals surface area contributed by atoms with Gasteiger partial charge in [-0.25, -0.2) is 0 Å². The fourth-order valence-corrected chi connectivity index (χ4v) is 9.85. The second-order valence-electron chi connectivity index (χ2n) is 16.5. The van der Waals surface area contributed by atoms with E-state index in [1.54, 1.807) is 0 Å². The molecule has 0 aromatic heterocycles.